The van der Waals surface area contributed by atoms with Crippen LogP contribution in [0.15, 0.2) is 36.5 Å². The van der Waals surface area contributed by atoms with E-state index in [4.69, 9.17) is 14.1 Å². The molecule has 37 heavy (non-hydrogen) atoms. The van der Waals surface area contributed by atoms with Crippen LogP contribution >= 0.6 is 0 Å². The van der Waals surface area contributed by atoms with Gasteiger partial charge in [-0.05, 0) is 73.0 Å². The highest BCUT2D eigenvalue weighted by Gasteiger charge is 2.39. The van der Waals surface area contributed by atoms with Gasteiger partial charge >= 0.3 is 7.12 Å². The van der Waals surface area contributed by atoms with Crippen molar-refractivity contribution in [2.75, 3.05) is 13.7 Å². The highest BCUT2D eigenvalue weighted by Crippen LogP contribution is 2.42. The number of benzene rings is 1. The van der Waals surface area contributed by atoms with Crippen molar-refractivity contribution in [3.8, 4) is 11.3 Å². The molecule has 2 aromatic heterocycles. The Balaban J connectivity index is 2.23. The first-order valence-corrected chi connectivity index (χ1v) is 16.2. The SMILES string of the molecule is CCn1c(-c2cccnc2C(C)OC)c(CC(C)(C)CO[Si](C)(C)C(C)(C)C)c2cc(B(O)O)ccc21. The number of aromatic nitrogens is 2. The fourth-order valence-corrected chi connectivity index (χ4v) is 5.78. The predicted molar refractivity (Wildman–Crippen MR) is 157 cm³/mol. The third-order valence-corrected chi connectivity index (χ3v) is 12.4. The molecule has 0 saturated heterocycles. The molecule has 0 amide bonds. The summed E-state index contributed by atoms with van der Waals surface area (Å²) in [5.41, 5.74) is 5.60. The summed E-state index contributed by atoms with van der Waals surface area (Å²) in [5.74, 6) is 0. The maximum atomic E-state index is 9.96. The van der Waals surface area contributed by atoms with Gasteiger partial charge in [0.15, 0.2) is 8.32 Å². The average molecular weight is 525 g/mol. The van der Waals surface area contributed by atoms with Crippen LogP contribution in [-0.4, -0.2) is 48.8 Å². The lowest BCUT2D eigenvalue weighted by atomic mass is 9.78. The summed E-state index contributed by atoms with van der Waals surface area (Å²) >= 11 is 0. The molecule has 3 aromatic rings. The van der Waals surface area contributed by atoms with Gasteiger partial charge in [0.2, 0.25) is 0 Å². The molecule has 0 aliphatic heterocycles. The molecule has 0 fully saturated rings. The van der Waals surface area contributed by atoms with Gasteiger partial charge in [-0.1, -0.05) is 46.8 Å². The number of fused-ring (bicyclic) bond motifs is 1. The van der Waals surface area contributed by atoms with Gasteiger partial charge in [0.25, 0.3) is 0 Å². The molecule has 0 aliphatic carbocycles. The first-order valence-electron chi connectivity index (χ1n) is 13.3. The van der Waals surface area contributed by atoms with Gasteiger partial charge in [-0.2, -0.15) is 0 Å². The first kappa shape index (κ1) is 29.6. The van der Waals surface area contributed by atoms with Gasteiger partial charge in [-0.3, -0.25) is 4.98 Å². The zero-order valence-corrected chi connectivity index (χ0v) is 25.3. The fraction of sp³-hybridized carbons (Fsp3) is 0.552. The lowest BCUT2D eigenvalue weighted by molar-refractivity contribution is 0.116. The van der Waals surface area contributed by atoms with E-state index < -0.39 is 15.4 Å². The molecular formula is C29H45BN2O4Si. The molecule has 2 N–H and O–H groups in total. The summed E-state index contributed by atoms with van der Waals surface area (Å²) in [7, 11) is -1.74. The second kappa shape index (κ2) is 11.0. The number of hydrogen-bond acceptors (Lipinski definition) is 5. The van der Waals surface area contributed by atoms with Crippen molar-refractivity contribution >= 4 is 31.8 Å². The quantitative estimate of drug-likeness (QED) is 0.333. The van der Waals surface area contributed by atoms with Crippen LogP contribution in [0, 0.1) is 5.41 Å². The van der Waals surface area contributed by atoms with Crippen LogP contribution < -0.4 is 5.46 Å². The topological polar surface area (TPSA) is 76.7 Å². The molecule has 8 heteroatoms. The Hall–Kier alpha value is -1.97. The second-order valence-corrected chi connectivity index (χ2v) is 17.2. The maximum Gasteiger partial charge on any atom is 0.488 e. The standard InChI is InChI=1S/C29H45BN2O4Si/c1-11-32-25-15-14-21(30(33)34)17-23(25)24(18-29(6,7)19-36-37(9,10)28(3,4)5)27(32)22-13-12-16-31-26(22)20(2)35-8/h12-17,20,33-34H,11,18-19H2,1-10H3. The van der Waals surface area contributed by atoms with Crippen molar-refractivity contribution in [3.05, 3.63) is 47.8 Å². The zero-order valence-electron chi connectivity index (χ0n) is 24.3. The molecule has 0 saturated carbocycles. The average Bonchev–Trinajstić information content (AvgIpc) is 3.13. The monoisotopic (exact) mass is 524 g/mol. The minimum absolute atomic E-state index is 0.138. The number of hydrogen-bond donors (Lipinski definition) is 2. The normalized spacial score (nSPS) is 13.8. The number of nitrogens with zero attached hydrogens (tertiary/aromatic N) is 2. The molecule has 0 bridgehead atoms. The first-order chi connectivity index (χ1) is 17.1. The maximum absolute atomic E-state index is 9.96. The largest absolute Gasteiger partial charge is 0.488 e. The number of aryl methyl sites for hydroxylation is 1. The second-order valence-electron chi connectivity index (χ2n) is 12.4. The van der Waals surface area contributed by atoms with Crippen LogP contribution in [0.1, 0.15) is 65.8 Å². The molecule has 3 rings (SSSR count). The molecule has 1 atom stereocenters. The van der Waals surface area contributed by atoms with Crippen molar-refractivity contribution in [1.29, 1.82) is 0 Å². The van der Waals surface area contributed by atoms with E-state index in [0.29, 0.717) is 12.1 Å². The van der Waals surface area contributed by atoms with Crippen LogP contribution in [-0.2, 0) is 22.1 Å². The van der Waals surface area contributed by atoms with Crippen molar-refractivity contribution in [2.24, 2.45) is 5.41 Å². The third kappa shape index (κ3) is 6.20. The van der Waals surface area contributed by atoms with Gasteiger partial charge in [-0.15, -0.1) is 0 Å². The molecule has 1 aromatic carbocycles. The van der Waals surface area contributed by atoms with Crippen molar-refractivity contribution in [2.45, 2.75) is 85.7 Å². The molecular weight excluding hydrogens is 479 g/mol. The van der Waals surface area contributed by atoms with E-state index in [2.05, 4.69) is 65.3 Å². The lowest BCUT2D eigenvalue weighted by Gasteiger charge is -2.39. The zero-order chi connectivity index (χ0) is 27.8. The van der Waals surface area contributed by atoms with Crippen molar-refractivity contribution in [3.63, 3.8) is 0 Å². The molecule has 2 heterocycles. The Morgan fingerprint density at radius 2 is 1.78 bits per heavy atom. The van der Waals surface area contributed by atoms with Gasteiger partial charge < -0.3 is 23.8 Å². The summed E-state index contributed by atoms with van der Waals surface area (Å²) in [4.78, 5) is 4.71. The van der Waals surface area contributed by atoms with Gasteiger partial charge in [0, 0.05) is 42.9 Å². The smallest absolute Gasteiger partial charge is 0.423 e. The Morgan fingerprint density at radius 1 is 1.11 bits per heavy atom. The van der Waals surface area contributed by atoms with Crippen molar-refractivity contribution in [1.82, 2.24) is 9.55 Å². The minimum Gasteiger partial charge on any atom is -0.423 e. The van der Waals surface area contributed by atoms with E-state index >= 15 is 0 Å². The van der Waals surface area contributed by atoms with Crippen LogP contribution in [0.25, 0.3) is 22.2 Å². The third-order valence-electron chi connectivity index (χ3n) is 7.92. The highest BCUT2D eigenvalue weighted by atomic mass is 28.4. The van der Waals surface area contributed by atoms with Gasteiger partial charge in [0.1, 0.15) is 0 Å². The van der Waals surface area contributed by atoms with E-state index in [1.807, 2.05) is 31.3 Å². The highest BCUT2D eigenvalue weighted by molar-refractivity contribution is 6.74. The molecule has 0 radical (unpaired) electrons. The number of ether oxygens (including phenoxy) is 1. The Bertz CT molecular complexity index is 1230. The van der Waals surface area contributed by atoms with Crippen LogP contribution in [0.2, 0.25) is 18.1 Å². The summed E-state index contributed by atoms with van der Waals surface area (Å²) < 4.78 is 14.7. The Morgan fingerprint density at radius 3 is 2.35 bits per heavy atom. The number of methoxy groups -OCH3 is 1. The summed E-state index contributed by atoms with van der Waals surface area (Å²) in [6.07, 6.45) is 2.41. The van der Waals surface area contributed by atoms with E-state index in [0.717, 1.165) is 40.8 Å². The van der Waals surface area contributed by atoms with Gasteiger partial charge in [-0.25, -0.2) is 0 Å². The van der Waals surface area contributed by atoms with Crippen LogP contribution in [0.5, 0.6) is 0 Å². The van der Waals surface area contributed by atoms with E-state index in [-0.39, 0.29) is 16.6 Å². The van der Waals surface area contributed by atoms with E-state index in [1.54, 1.807) is 13.2 Å². The fourth-order valence-electron chi connectivity index (χ4n) is 4.59. The van der Waals surface area contributed by atoms with E-state index in [1.165, 1.54) is 5.56 Å². The molecule has 1 unspecified atom stereocenters. The number of pyridine rings is 1. The number of rotatable bonds is 10. The van der Waals surface area contributed by atoms with Gasteiger partial charge in [0.05, 0.1) is 17.5 Å². The molecule has 0 aliphatic rings. The molecule has 6 nitrogen and oxygen atoms in total. The molecule has 0 spiro atoms. The predicted octanol–water partition coefficient (Wildman–Crippen LogP) is 5.70. The summed E-state index contributed by atoms with van der Waals surface area (Å²) in [5, 5.41) is 21.1. The Labute approximate surface area is 224 Å². The summed E-state index contributed by atoms with van der Waals surface area (Å²) in [6, 6.07) is 9.79. The molecule has 202 valence electrons. The van der Waals surface area contributed by atoms with Crippen LogP contribution in [0.3, 0.4) is 0 Å². The van der Waals surface area contributed by atoms with E-state index in [9.17, 15) is 10.0 Å². The Kier molecular flexibility index (Phi) is 8.82. The summed E-state index contributed by atoms with van der Waals surface area (Å²) in [6.45, 7) is 21.5. The van der Waals surface area contributed by atoms with Crippen molar-refractivity contribution < 1.29 is 19.2 Å². The lowest BCUT2D eigenvalue weighted by Crippen LogP contribution is -2.43. The van der Waals surface area contributed by atoms with Crippen LogP contribution in [0.4, 0.5) is 0 Å². The minimum atomic E-state index is -1.92.